The minimum absolute atomic E-state index is 0.495. The SMILES string of the molecule is C#CC(C)OC(=O)N(C)c1sc(-c2cccnc2)nc1C. The zero-order valence-electron chi connectivity index (χ0n) is 12.0. The number of aromatic nitrogens is 2. The van der Waals surface area contributed by atoms with E-state index in [2.05, 4.69) is 15.9 Å². The third kappa shape index (κ3) is 3.38. The fraction of sp³-hybridized carbons (Fsp3) is 0.267. The molecule has 0 aliphatic heterocycles. The Labute approximate surface area is 127 Å². The third-order valence-corrected chi connectivity index (χ3v) is 4.05. The van der Waals surface area contributed by atoms with E-state index in [0.29, 0.717) is 0 Å². The molecule has 0 bridgehead atoms. The Morgan fingerprint density at radius 3 is 2.95 bits per heavy atom. The van der Waals surface area contributed by atoms with Gasteiger partial charge in [0.15, 0.2) is 6.10 Å². The molecule has 0 fully saturated rings. The van der Waals surface area contributed by atoms with Gasteiger partial charge in [-0.1, -0.05) is 17.3 Å². The number of pyridine rings is 1. The minimum atomic E-state index is -0.564. The standard InChI is InChI=1S/C15H15N3O2S/c1-5-10(2)20-15(19)18(4)14-11(3)17-13(21-14)12-7-6-8-16-9-12/h1,6-10H,2-4H3. The maximum Gasteiger partial charge on any atom is 0.415 e. The van der Waals surface area contributed by atoms with E-state index in [4.69, 9.17) is 11.2 Å². The highest BCUT2D eigenvalue weighted by Gasteiger charge is 2.20. The van der Waals surface area contributed by atoms with Gasteiger partial charge in [-0.2, -0.15) is 0 Å². The molecule has 0 aliphatic carbocycles. The topological polar surface area (TPSA) is 55.3 Å². The van der Waals surface area contributed by atoms with E-state index < -0.39 is 12.2 Å². The van der Waals surface area contributed by atoms with Gasteiger partial charge in [0.1, 0.15) is 10.0 Å². The van der Waals surface area contributed by atoms with Gasteiger partial charge in [0.05, 0.1) is 5.69 Å². The largest absolute Gasteiger partial charge is 0.433 e. The Kier molecular flexibility index (Phi) is 4.55. The van der Waals surface area contributed by atoms with Crippen molar-refractivity contribution in [3.63, 3.8) is 0 Å². The molecule has 0 radical (unpaired) electrons. The summed E-state index contributed by atoms with van der Waals surface area (Å²) in [6.45, 7) is 3.49. The van der Waals surface area contributed by atoms with Crippen LogP contribution >= 0.6 is 11.3 Å². The van der Waals surface area contributed by atoms with Crippen LogP contribution in [0.25, 0.3) is 10.6 Å². The van der Waals surface area contributed by atoms with Crippen LogP contribution in [0.3, 0.4) is 0 Å². The van der Waals surface area contributed by atoms with Crippen LogP contribution in [0, 0.1) is 19.3 Å². The molecule has 108 valence electrons. The number of terminal acetylenes is 1. The Balaban J connectivity index is 2.23. The predicted molar refractivity (Wildman–Crippen MR) is 83.3 cm³/mol. The number of carbonyl (C=O) groups excluding carboxylic acids is 1. The second-order valence-corrected chi connectivity index (χ2v) is 5.38. The van der Waals surface area contributed by atoms with E-state index >= 15 is 0 Å². The molecule has 1 atom stereocenters. The highest BCUT2D eigenvalue weighted by molar-refractivity contribution is 7.19. The lowest BCUT2D eigenvalue weighted by molar-refractivity contribution is 0.139. The molecule has 1 amide bonds. The van der Waals surface area contributed by atoms with Crippen LogP contribution in [0.1, 0.15) is 12.6 Å². The molecule has 2 aromatic heterocycles. The van der Waals surface area contributed by atoms with Gasteiger partial charge >= 0.3 is 6.09 Å². The van der Waals surface area contributed by atoms with E-state index in [1.165, 1.54) is 16.2 Å². The Morgan fingerprint density at radius 1 is 1.57 bits per heavy atom. The Bertz CT molecular complexity index is 676. The fourth-order valence-corrected chi connectivity index (χ4v) is 2.67. The number of hydrogen-bond donors (Lipinski definition) is 0. The van der Waals surface area contributed by atoms with Gasteiger partial charge in [-0.3, -0.25) is 9.88 Å². The number of amides is 1. The molecule has 6 heteroatoms. The van der Waals surface area contributed by atoms with Gasteiger partial charge < -0.3 is 4.74 Å². The summed E-state index contributed by atoms with van der Waals surface area (Å²) in [6, 6.07) is 3.77. The second-order valence-electron chi connectivity index (χ2n) is 4.40. The lowest BCUT2D eigenvalue weighted by atomic mass is 10.3. The number of anilines is 1. The normalized spacial score (nSPS) is 11.5. The van der Waals surface area contributed by atoms with Gasteiger partial charge in [0.25, 0.3) is 0 Å². The number of aryl methyl sites for hydroxylation is 1. The van der Waals surface area contributed by atoms with Crippen molar-refractivity contribution in [2.75, 3.05) is 11.9 Å². The molecule has 0 saturated heterocycles. The quantitative estimate of drug-likeness (QED) is 0.817. The monoisotopic (exact) mass is 301 g/mol. The molecule has 0 saturated carbocycles. The summed E-state index contributed by atoms with van der Waals surface area (Å²) in [5.41, 5.74) is 1.67. The Morgan fingerprint density at radius 2 is 2.33 bits per heavy atom. The van der Waals surface area contributed by atoms with Gasteiger partial charge in [-0.15, -0.1) is 6.42 Å². The molecule has 2 rings (SSSR count). The van der Waals surface area contributed by atoms with Gasteiger partial charge in [0, 0.05) is 25.0 Å². The van der Waals surface area contributed by atoms with Crippen LogP contribution in [-0.4, -0.2) is 29.2 Å². The maximum atomic E-state index is 12.0. The van der Waals surface area contributed by atoms with Crippen LogP contribution in [-0.2, 0) is 4.74 Å². The second kappa shape index (κ2) is 6.37. The average molecular weight is 301 g/mol. The summed E-state index contributed by atoms with van der Waals surface area (Å²) in [6.07, 6.45) is 7.59. The van der Waals surface area contributed by atoms with Crippen molar-refractivity contribution in [3.8, 4) is 22.9 Å². The molecule has 1 unspecified atom stereocenters. The molecular formula is C15H15N3O2S. The number of carbonyl (C=O) groups is 1. The lowest BCUT2D eigenvalue weighted by Crippen LogP contribution is -2.29. The van der Waals surface area contributed by atoms with Crippen molar-refractivity contribution < 1.29 is 9.53 Å². The fourth-order valence-electron chi connectivity index (χ4n) is 1.66. The summed E-state index contributed by atoms with van der Waals surface area (Å²) in [7, 11) is 1.64. The number of hydrogen-bond acceptors (Lipinski definition) is 5. The zero-order valence-corrected chi connectivity index (χ0v) is 12.8. The first-order valence-corrected chi connectivity index (χ1v) is 7.13. The van der Waals surface area contributed by atoms with Crippen molar-refractivity contribution in [1.29, 1.82) is 0 Å². The average Bonchev–Trinajstić information content (AvgIpc) is 2.89. The van der Waals surface area contributed by atoms with Gasteiger partial charge in [-0.05, 0) is 26.0 Å². The first-order valence-electron chi connectivity index (χ1n) is 6.31. The molecule has 21 heavy (non-hydrogen) atoms. The molecular weight excluding hydrogens is 286 g/mol. The molecule has 5 nitrogen and oxygen atoms in total. The van der Waals surface area contributed by atoms with E-state index in [0.717, 1.165) is 21.3 Å². The first-order chi connectivity index (χ1) is 10.0. The van der Waals surface area contributed by atoms with E-state index in [-0.39, 0.29) is 0 Å². The maximum absolute atomic E-state index is 12.0. The number of thiazole rings is 1. The highest BCUT2D eigenvalue weighted by atomic mass is 32.1. The minimum Gasteiger partial charge on any atom is -0.433 e. The van der Waals surface area contributed by atoms with Gasteiger partial charge in [0.2, 0.25) is 0 Å². The summed E-state index contributed by atoms with van der Waals surface area (Å²) >= 11 is 1.41. The summed E-state index contributed by atoms with van der Waals surface area (Å²) < 4.78 is 5.10. The number of rotatable bonds is 3. The number of nitrogens with zero attached hydrogens (tertiary/aromatic N) is 3. The van der Waals surface area contributed by atoms with Crippen molar-refractivity contribution in [2.24, 2.45) is 0 Å². The van der Waals surface area contributed by atoms with Gasteiger partial charge in [-0.25, -0.2) is 9.78 Å². The first kappa shape index (κ1) is 15.0. The summed E-state index contributed by atoms with van der Waals surface area (Å²) in [4.78, 5) is 21.9. The smallest absolute Gasteiger partial charge is 0.415 e. The van der Waals surface area contributed by atoms with Crippen molar-refractivity contribution >= 4 is 22.4 Å². The molecule has 2 heterocycles. The van der Waals surface area contributed by atoms with E-state index in [1.807, 2.05) is 19.1 Å². The predicted octanol–water partition coefficient (Wildman–Crippen LogP) is 3.11. The molecule has 0 N–H and O–H groups in total. The third-order valence-electron chi connectivity index (χ3n) is 2.77. The van der Waals surface area contributed by atoms with Crippen LogP contribution < -0.4 is 4.90 Å². The van der Waals surface area contributed by atoms with Crippen LogP contribution in [0.2, 0.25) is 0 Å². The van der Waals surface area contributed by atoms with E-state index in [1.54, 1.807) is 26.4 Å². The summed E-state index contributed by atoms with van der Waals surface area (Å²) in [5.74, 6) is 2.36. The van der Waals surface area contributed by atoms with Crippen molar-refractivity contribution in [3.05, 3.63) is 30.2 Å². The van der Waals surface area contributed by atoms with Crippen LogP contribution in [0.15, 0.2) is 24.5 Å². The molecule has 0 aromatic carbocycles. The van der Waals surface area contributed by atoms with Crippen molar-refractivity contribution in [2.45, 2.75) is 20.0 Å². The summed E-state index contributed by atoms with van der Waals surface area (Å²) in [5, 5.41) is 1.53. The highest BCUT2D eigenvalue weighted by Crippen LogP contribution is 2.33. The zero-order chi connectivity index (χ0) is 15.4. The van der Waals surface area contributed by atoms with Crippen LogP contribution in [0.4, 0.5) is 9.80 Å². The number of ether oxygens (including phenoxy) is 1. The lowest BCUT2D eigenvalue weighted by Gasteiger charge is -2.16. The van der Waals surface area contributed by atoms with Crippen molar-refractivity contribution in [1.82, 2.24) is 9.97 Å². The molecule has 0 spiro atoms. The van der Waals surface area contributed by atoms with E-state index in [9.17, 15) is 4.79 Å². The molecule has 0 aliphatic rings. The Hall–Kier alpha value is -2.39. The molecule has 2 aromatic rings. The van der Waals surface area contributed by atoms with Crippen LogP contribution in [0.5, 0.6) is 0 Å².